The van der Waals surface area contributed by atoms with Crippen LogP contribution in [0.25, 0.3) is 20.8 Å². The van der Waals surface area contributed by atoms with Gasteiger partial charge in [-0.3, -0.25) is 14.7 Å². The number of anilines is 1. The van der Waals surface area contributed by atoms with Crippen molar-refractivity contribution in [1.82, 2.24) is 20.4 Å². The number of piperidine rings is 1. The molecule has 3 aromatic rings. The van der Waals surface area contributed by atoms with Crippen LogP contribution in [-0.4, -0.2) is 90.1 Å². The molecule has 2 fully saturated rings. The Kier molecular flexibility index (Phi) is 9.41. The standard InChI is InChI=1S/C28H33F4N7O4S/c1-34-12-17(25(33)42-2)27(41)35-13-21-37-26(38-43-21)24-16(11-28(30,31)32)15-4-3-5-18(23(15)44-24)36-19-10-14-6-7-20(22(19)29)39(14)8-9-40/h3-5,12,14,19-20,22,36,40H,6-11,13,33H2,1-2H3,(H,35,41)/b25-17-,34-12?. The van der Waals surface area contributed by atoms with Gasteiger partial charge in [0.05, 0.1) is 48.0 Å². The van der Waals surface area contributed by atoms with Gasteiger partial charge >= 0.3 is 6.18 Å². The number of benzene rings is 1. The third-order valence-electron chi connectivity index (χ3n) is 7.92. The van der Waals surface area contributed by atoms with Crippen LogP contribution in [0.1, 0.15) is 30.7 Å². The summed E-state index contributed by atoms with van der Waals surface area (Å²) < 4.78 is 67.6. The van der Waals surface area contributed by atoms with Crippen molar-refractivity contribution in [2.45, 2.75) is 62.7 Å². The van der Waals surface area contributed by atoms with E-state index in [2.05, 4.69) is 25.8 Å². The number of aliphatic hydroxyl groups is 1. The third-order valence-corrected chi connectivity index (χ3v) is 9.20. The minimum Gasteiger partial charge on any atom is -0.482 e. The molecule has 4 atom stereocenters. The number of carbonyl (C=O) groups excluding carboxylic acids is 1. The highest BCUT2D eigenvalue weighted by Gasteiger charge is 2.47. The largest absolute Gasteiger partial charge is 0.482 e. The number of nitrogens with two attached hydrogens (primary N) is 1. The van der Waals surface area contributed by atoms with Gasteiger partial charge in [-0.15, -0.1) is 11.3 Å². The van der Waals surface area contributed by atoms with Crippen molar-refractivity contribution in [3.8, 4) is 10.7 Å². The lowest BCUT2D eigenvalue weighted by atomic mass is 9.95. The molecule has 16 heteroatoms. The Bertz CT molecular complexity index is 1560. The molecule has 5 rings (SSSR count). The molecule has 2 aromatic heterocycles. The molecular weight excluding hydrogens is 606 g/mol. The zero-order chi connectivity index (χ0) is 31.6. The van der Waals surface area contributed by atoms with Crippen LogP contribution in [0, 0.1) is 0 Å². The van der Waals surface area contributed by atoms with Crippen LogP contribution >= 0.6 is 11.3 Å². The molecule has 2 bridgehead atoms. The SMILES string of the molecule is CN=C/C(C(=O)NCc1nc(-c2sc3c(NC4CC5CCC(C4F)N5CCO)cccc3c2CC(F)(F)F)no1)=C(\N)OC. The van der Waals surface area contributed by atoms with Crippen LogP contribution in [0.2, 0.25) is 0 Å². The van der Waals surface area contributed by atoms with Gasteiger partial charge in [0.15, 0.2) is 5.88 Å². The Hall–Kier alpha value is -3.76. The molecule has 0 spiro atoms. The Morgan fingerprint density at radius 1 is 1.36 bits per heavy atom. The summed E-state index contributed by atoms with van der Waals surface area (Å²) in [5.41, 5.74) is 6.16. The van der Waals surface area contributed by atoms with E-state index < -0.39 is 30.7 Å². The van der Waals surface area contributed by atoms with E-state index in [0.29, 0.717) is 35.2 Å². The van der Waals surface area contributed by atoms with Gasteiger partial charge in [-0.05, 0) is 36.3 Å². The van der Waals surface area contributed by atoms with Gasteiger partial charge in [0.2, 0.25) is 11.7 Å². The first-order valence-corrected chi connectivity index (χ1v) is 14.8. The van der Waals surface area contributed by atoms with Crippen molar-refractivity contribution in [2.24, 2.45) is 10.7 Å². The predicted molar refractivity (Wildman–Crippen MR) is 157 cm³/mol. The number of nitrogens with one attached hydrogen (secondary N) is 2. The van der Waals surface area contributed by atoms with E-state index in [1.807, 2.05) is 4.90 Å². The quantitative estimate of drug-likeness (QED) is 0.107. The summed E-state index contributed by atoms with van der Waals surface area (Å²) in [5, 5.41) is 19.5. The molecule has 2 saturated heterocycles. The lowest BCUT2D eigenvalue weighted by molar-refractivity contribution is -0.126. The number of alkyl halides is 4. The van der Waals surface area contributed by atoms with Gasteiger partial charge in [-0.1, -0.05) is 17.3 Å². The number of amides is 1. The molecule has 5 N–H and O–H groups in total. The van der Waals surface area contributed by atoms with Gasteiger partial charge < -0.3 is 30.7 Å². The van der Waals surface area contributed by atoms with Gasteiger partial charge in [-0.2, -0.15) is 18.2 Å². The van der Waals surface area contributed by atoms with E-state index in [1.54, 1.807) is 18.2 Å². The second-order valence-corrected chi connectivity index (χ2v) is 11.7. The molecule has 2 aliphatic heterocycles. The number of methoxy groups -OCH3 is 1. The van der Waals surface area contributed by atoms with Crippen LogP contribution < -0.4 is 16.4 Å². The Balaban J connectivity index is 1.42. The molecule has 4 heterocycles. The summed E-state index contributed by atoms with van der Waals surface area (Å²) in [6, 6.07) is 4.23. The number of aromatic nitrogens is 2. The number of rotatable bonds is 11. The summed E-state index contributed by atoms with van der Waals surface area (Å²) in [6.45, 7) is 0.135. The summed E-state index contributed by atoms with van der Waals surface area (Å²) in [5.74, 6) is -0.905. The smallest absolute Gasteiger partial charge is 0.393 e. The van der Waals surface area contributed by atoms with Crippen LogP contribution in [0.4, 0.5) is 23.2 Å². The van der Waals surface area contributed by atoms with E-state index in [-0.39, 0.29) is 58.8 Å². The molecule has 0 aliphatic carbocycles. The monoisotopic (exact) mass is 639 g/mol. The lowest BCUT2D eigenvalue weighted by Gasteiger charge is -2.41. The first-order chi connectivity index (χ1) is 21.0. The highest BCUT2D eigenvalue weighted by Crippen LogP contribution is 2.45. The van der Waals surface area contributed by atoms with E-state index in [9.17, 15) is 23.1 Å². The Labute approximate surface area is 254 Å². The second-order valence-electron chi connectivity index (χ2n) is 10.6. The zero-order valence-electron chi connectivity index (χ0n) is 24.0. The molecule has 0 saturated carbocycles. The van der Waals surface area contributed by atoms with E-state index >= 15 is 4.39 Å². The number of carbonyl (C=O) groups is 1. The molecule has 238 valence electrons. The predicted octanol–water partition coefficient (Wildman–Crippen LogP) is 3.54. The number of hydrogen-bond acceptors (Lipinski definition) is 11. The van der Waals surface area contributed by atoms with Crippen molar-refractivity contribution in [3.63, 3.8) is 0 Å². The van der Waals surface area contributed by atoms with Crippen LogP contribution in [-0.2, 0) is 22.5 Å². The highest BCUT2D eigenvalue weighted by atomic mass is 32.1. The second kappa shape index (κ2) is 13.1. The van der Waals surface area contributed by atoms with Crippen molar-refractivity contribution in [2.75, 3.05) is 32.6 Å². The minimum atomic E-state index is -4.53. The molecule has 1 aromatic carbocycles. The topological polar surface area (TPSA) is 151 Å². The number of ether oxygens (including phenoxy) is 1. The molecule has 2 aliphatic rings. The Morgan fingerprint density at radius 2 is 2.16 bits per heavy atom. The number of aliphatic hydroxyl groups excluding tert-OH is 1. The third kappa shape index (κ3) is 6.51. The molecule has 44 heavy (non-hydrogen) atoms. The molecule has 0 radical (unpaired) electrons. The fourth-order valence-corrected chi connectivity index (χ4v) is 7.26. The number of aliphatic imine (C=N–C) groups is 1. The maximum Gasteiger partial charge on any atom is 0.393 e. The first-order valence-electron chi connectivity index (χ1n) is 14.0. The number of halogens is 4. The average Bonchev–Trinajstić information content (AvgIpc) is 3.68. The maximum absolute atomic E-state index is 15.6. The van der Waals surface area contributed by atoms with Crippen LogP contribution in [0.15, 0.2) is 39.2 Å². The van der Waals surface area contributed by atoms with E-state index in [0.717, 1.165) is 17.8 Å². The summed E-state index contributed by atoms with van der Waals surface area (Å²) in [4.78, 5) is 22.8. The fourth-order valence-electron chi connectivity index (χ4n) is 6.04. The number of fused-ring (bicyclic) bond motifs is 3. The van der Waals surface area contributed by atoms with Crippen molar-refractivity contribution >= 4 is 39.2 Å². The van der Waals surface area contributed by atoms with Crippen LogP contribution in [0.3, 0.4) is 0 Å². The summed E-state index contributed by atoms with van der Waals surface area (Å²) >= 11 is 1.06. The molecule has 4 unspecified atom stereocenters. The van der Waals surface area contributed by atoms with Gasteiger partial charge in [-0.25, -0.2) is 4.39 Å². The lowest BCUT2D eigenvalue weighted by Crippen LogP contribution is -2.55. The average molecular weight is 640 g/mol. The zero-order valence-corrected chi connectivity index (χ0v) is 24.8. The minimum absolute atomic E-state index is 0.0237. The van der Waals surface area contributed by atoms with Crippen molar-refractivity contribution < 1.29 is 36.7 Å². The molecular formula is C28H33F4N7O4S. The summed E-state index contributed by atoms with van der Waals surface area (Å²) in [7, 11) is 2.75. The van der Waals surface area contributed by atoms with E-state index in [1.165, 1.54) is 20.4 Å². The highest BCUT2D eigenvalue weighted by molar-refractivity contribution is 7.23. The normalized spacial score (nSPS) is 22.9. The van der Waals surface area contributed by atoms with Crippen molar-refractivity contribution in [1.29, 1.82) is 0 Å². The van der Waals surface area contributed by atoms with Crippen molar-refractivity contribution in [3.05, 3.63) is 41.1 Å². The van der Waals surface area contributed by atoms with Gasteiger partial charge in [0.25, 0.3) is 5.91 Å². The maximum atomic E-state index is 15.6. The number of nitrogens with zero attached hydrogens (tertiary/aromatic N) is 4. The summed E-state index contributed by atoms with van der Waals surface area (Å²) in [6.07, 6.45) is -3.72. The van der Waals surface area contributed by atoms with Gasteiger partial charge in [0, 0.05) is 31.9 Å². The first kappa shape index (κ1) is 31.7. The Morgan fingerprint density at radius 3 is 2.86 bits per heavy atom. The van der Waals surface area contributed by atoms with E-state index in [4.69, 9.17) is 15.0 Å². The fraction of sp³-hybridized carbons (Fsp3) is 0.500. The molecule has 11 nitrogen and oxygen atoms in total. The number of hydrogen-bond donors (Lipinski definition) is 4. The van der Waals surface area contributed by atoms with Crippen LogP contribution in [0.5, 0.6) is 0 Å². The van der Waals surface area contributed by atoms with Gasteiger partial charge in [0.1, 0.15) is 11.7 Å². The number of thiophene rings is 1. The molecule has 1 amide bonds.